The van der Waals surface area contributed by atoms with Crippen molar-refractivity contribution in [2.75, 3.05) is 5.32 Å². The fraction of sp³-hybridized carbons (Fsp3) is 0.0625. The van der Waals surface area contributed by atoms with Crippen molar-refractivity contribution >= 4 is 23.1 Å². The van der Waals surface area contributed by atoms with Gasteiger partial charge in [0.15, 0.2) is 0 Å². The first-order valence-corrected chi connectivity index (χ1v) is 7.37. The zero-order valence-corrected chi connectivity index (χ0v) is 12.5. The van der Waals surface area contributed by atoms with E-state index in [9.17, 15) is 9.18 Å². The molecule has 6 heteroatoms. The molecule has 1 N–H and O–H groups in total. The largest absolute Gasteiger partial charge is 0.321 e. The molecule has 0 bridgehead atoms. The van der Waals surface area contributed by atoms with Crippen LogP contribution in [0.3, 0.4) is 0 Å². The summed E-state index contributed by atoms with van der Waals surface area (Å²) in [6.45, 7) is 1.98. The van der Waals surface area contributed by atoms with Crippen LogP contribution >= 0.6 is 11.5 Å². The number of halogens is 1. The summed E-state index contributed by atoms with van der Waals surface area (Å²) in [5, 5.41) is 6.79. The van der Waals surface area contributed by atoms with Gasteiger partial charge in [-0.05, 0) is 54.9 Å². The Morgan fingerprint density at radius 2 is 1.77 bits per heavy atom. The number of nitrogens with one attached hydrogen (secondary N) is 1. The molecule has 0 saturated carbocycles. The van der Waals surface area contributed by atoms with Crippen molar-refractivity contribution in [2.45, 2.75) is 6.92 Å². The van der Waals surface area contributed by atoms with Gasteiger partial charge in [0.2, 0.25) is 0 Å². The van der Waals surface area contributed by atoms with Gasteiger partial charge in [-0.1, -0.05) is 22.2 Å². The zero-order chi connectivity index (χ0) is 15.5. The number of carbonyl (C=O) groups excluding carboxylic acids is 1. The highest BCUT2D eigenvalue weighted by atomic mass is 32.1. The van der Waals surface area contributed by atoms with Gasteiger partial charge in [-0.2, -0.15) is 0 Å². The quantitative estimate of drug-likeness (QED) is 0.797. The first-order chi connectivity index (χ1) is 10.6. The number of carbonyl (C=O) groups is 1. The van der Waals surface area contributed by atoms with Crippen molar-refractivity contribution in [3.05, 3.63) is 64.8 Å². The third-order valence-corrected chi connectivity index (χ3v) is 3.85. The molecule has 0 atom stereocenters. The Hall–Kier alpha value is -2.60. The molecule has 0 aliphatic rings. The van der Waals surface area contributed by atoms with E-state index >= 15 is 0 Å². The Morgan fingerprint density at radius 1 is 1.09 bits per heavy atom. The lowest BCUT2D eigenvalue weighted by molar-refractivity contribution is 0.103. The van der Waals surface area contributed by atoms with Crippen LogP contribution in [-0.2, 0) is 0 Å². The van der Waals surface area contributed by atoms with Crippen molar-refractivity contribution in [3.8, 4) is 11.3 Å². The van der Waals surface area contributed by atoms with E-state index < -0.39 is 0 Å². The highest BCUT2D eigenvalue weighted by Crippen LogP contribution is 2.25. The molecule has 110 valence electrons. The number of aryl methyl sites for hydroxylation is 1. The summed E-state index contributed by atoms with van der Waals surface area (Å²) in [5.74, 6) is -0.615. The number of nitrogens with zero attached hydrogens (tertiary/aromatic N) is 2. The lowest BCUT2D eigenvalue weighted by atomic mass is 10.1. The monoisotopic (exact) mass is 313 g/mol. The standard InChI is InChI=1S/C16H12FN3OS/c1-10-2-8-13(9-3-10)18-16(21)15-14(19-20-22-15)11-4-6-12(17)7-5-11/h2-9H,1H3,(H,18,21). The maximum atomic E-state index is 13.0. The lowest BCUT2D eigenvalue weighted by Gasteiger charge is -2.05. The molecule has 3 aromatic rings. The van der Waals surface area contributed by atoms with E-state index in [1.54, 1.807) is 12.1 Å². The smallest absolute Gasteiger partial charge is 0.269 e. The van der Waals surface area contributed by atoms with E-state index in [4.69, 9.17) is 0 Å². The molecule has 0 unspecified atom stereocenters. The molecule has 0 spiro atoms. The second-order valence-corrected chi connectivity index (χ2v) is 5.53. The van der Waals surface area contributed by atoms with Crippen molar-refractivity contribution < 1.29 is 9.18 Å². The van der Waals surface area contributed by atoms with Crippen LogP contribution in [0.4, 0.5) is 10.1 Å². The predicted molar refractivity (Wildman–Crippen MR) is 84.4 cm³/mol. The van der Waals surface area contributed by atoms with E-state index in [-0.39, 0.29) is 11.7 Å². The minimum absolute atomic E-state index is 0.279. The van der Waals surface area contributed by atoms with Crippen molar-refractivity contribution in [1.82, 2.24) is 9.59 Å². The average molecular weight is 313 g/mol. The Bertz CT molecular complexity index is 797. The summed E-state index contributed by atoms with van der Waals surface area (Å²) in [6, 6.07) is 13.3. The number of hydrogen-bond acceptors (Lipinski definition) is 4. The summed E-state index contributed by atoms with van der Waals surface area (Å²) in [7, 11) is 0. The van der Waals surface area contributed by atoms with Crippen molar-refractivity contribution in [3.63, 3.8) is 0 Å². The lowest BCUT2D eigenvalue weighted by Crippen LogP contribution is -2.11. The van der Waals surface area contributed by atoms with E-state index in [0.717, 1.165) is 17.1 Å². The highest BCUT2D eigenvalue weighted by molar-refractivity contribution is 7.08. The van der Waals surface area contributed by atoms with Crippen LogP contribution in [0.15, 0.2) is 48.5 Å². The van der Waals surface area contributed by atoms with Crippen LogP contribution in [-0.4, -0.2) is 15.5 Å². The van der Waals surface area contributed by atoms with Gasteiger partial charge in [-0.25, -0.2) is 4.39 Å². The number of rotatable bonds is 3. The SMILES string of the molecule is Cc1ccc(NC(=O)c2snnc2-c2ccc(F)cc2)cc1. The van der Waals surface area contributed by atoms with Crippen molar-refractivity contribution in [1.29, 1.82) is 0 Å². The minimum Gasteiger partial charge on any atom is -0.321 e. The molecule has 0 saturated heterocycles. The van der Waals surface area contributed by atoms with Gasteiger partial charge in [0, 0.05) is 11.3 Å². The fourth-order valence-electron chi connectivity index (χ4n) is 1.96. The van der Waals surface area contributed by atoms with E-state index in [1.807, 2.05) is 31.2 Å². The van der Waals surface area contributed by atoms with Crippen LogP contribution in [0.2, 0.25) is 0 Å². The number of anilines is 1. The summed E-state index contributed by atoms with van der Waals surface area (Å²) >= 11 is 1.01. The molecule has 0 aliphatic heterocycles. The van der Waals surface area contributed by atoms with Gasteiger partial charge in [0.25, 0.3) is 5.91 Å². The van der Waals surface area contributed by atoms with Gasteiger partial charge in [0.05, 0.1) is 0 Å². The zero-order valence-electron chi connectivity index (χ0n) is 11.7. The fourth-order valence-corrected chi connectivity index (χ4v) is 2.54. The van der Waals surface area contributed by atoms with Crippen molar-refractivity contribution in [2.24, 2.45) is 0 Å². The van der Waals surface area contributed by atoms with Gasteiger partial charge >= 0.3 is 0 Å². The number of hydrogen-bond donors (Lipinski definition) is 1. The summed E-state index contributed by atoms with van der Waals surface area (Å²) in [4.78, 5) is 12.8. The van der Waals surface area contributed by atoms with Crippen LogP contribution in [0, 0.1) is 12.7 Å². The third-order valence-electron chi connectivity index (χ3n) is 3.12. The normalized spacial score (nSPS) is 10.5. The maximum Gasteiger partial charge on any atom is 0.269 e. The Balaban J connectivity index is 1.86. The molecule has 3 rings (SSSR count). The van der Waals surface area contributed by atoms with E-state index in [1.165, 1.54) is 12.1 Å². The Kier molecular flexibility index (Phi) is 3.93. The van der Waals surface area contributed by atoms with Crippen LogP contribution in [0.5, 0.6) is 0 Å². The molecule has 1 aromatic heterocycles. The van der Waals surface area contributed by atoms with Crippen LogP contribution in [0.1, 0.15) is 15.2 Å². The number of amides is 1. The first kappa shape index (κ1) is 14.3. The minimum atomic E-state index is -0.336. The third kappa shape index (κ3) is 3.01. The molecular formula is C16H12FN3OS. The average Bonchev–Trinajstić information content (AvgIpc) is 3.00. The number of aromatic nitrogens is 2. The van der Waals surface area contributed by atoms with Gasteiger partial charge in [-0.15, -0.1) is 5.10 Å². The second-order valence-electron chi connectivity index (χ2n) is 4.78. The van der Waals surface area contributed by atoms with Gasteiger partial charge in [-0.3, -0.25) is 4.79 Å². The second kappa shape index (κ2) is 6.03. The molecule has 1 amide bonds. The molecule has 4 nitrogen and oxygen atoms in total. The van der Waals surface area contributed by atoms with Crippen LogP contribution < -0.4 is 5.32 Å². The maximum absolute atomic E-state index is 13.0. The van der Waals surface area contributed by atoms with Crippen LogP contribution in [0.25, 0.3) is 11.3 Å². The number of benzene rings is 2. The molecule has 2 aromatic carbocycles. The molecule has 22 heavy (non-hydrogen) atoms. The molecule has 0 radical (unpaired) electrons. The first-order valence-electron chi connectivity index (χ1n) is 6.60. The van der Waals surface area contributed by atoms with Gasteiger partial charge in [0.1, 0.15) is 16.4 Å². The van der Waals surface area contributed by atoms with Gasteiger partial charge < -0.3 is 5.32 Å². The van der Waals surface area contributed by atoms with E-state index in [2.05, 4.69) is 14.9 Å². The molecule has 1 heterocycles. The predicted octanol–water partition coefficient (Wildman–Crippen LogP) is 3.90. The summed E-state index contributed by atoms with van der Waals surface area (Å²) < 4.78 is 16.8. The molecule has 0 fully saturated rings. The highest BCUT2D eigenvalue weighted by Gasteiger charge is 2.18. The molecular weight excluding hydrogens is 301 g/mol. The van der Waals surface area contributed by atoms with E-state index in [0.29, 0.717) is 21.8 Å². The topological polar surface area (TPSA) is 54.9 Å². The Labute approximate surface area is 130 Å². The summed E-state index contributed by atoms with van der Waals surface area (Å²) in [6.07, 6.45) is 0. The molecule has 0 aliphatic carbocycles. The summed E-state index contributed by atoms with van der Waals surface area (Å²) in [5.41, 5.74) is 2.93. The Morgan fingerprint density at radius 3 is 2.45 bits per heavy atom.